The summed E-state index contributed by atoms with van der Waals surface area (Å²) in [6, 6.07) is 9.55. The SMILES string of the molecule is CCn1nccc1COc1ccc(NCC(O)CCl)cc1. The number of nitrogens with one attached hydrogen (secondary N) is 1. The molecule has 0 aliphatic heterocycles. The topological polar surface area (TPSA) is 59.3 Å². The summed E-state index contributed by atoms with van der Waals surface area (Å²) < 4.78 is 7.64. The number of nitrogens with zero attached hydrogens (tertiary/aromatic N) is 2. The summed E-state index contributed by atoms with van der Waals surface area (Å²) in [4.78, 5) is 0. The zero-order chi connectivity index (χ0) is 15.1. The molecule has 0 saturated carbocycles. The van der Waals surface area contributed by atoms with E-state index in [4.69, 9.17) is 16.3 Å². The van der Waals surface area contributed by atoms with E-state index in [0.29, 0.717) is 13.2 Å². The molecule has 0 spiro atoms. The highest BCUT2D eigenvalue weighted by molar-refractivity contribution is 6.18. The molecule has 6 heteroatoms. The van der Waals surface area contributed by atoms with Gasteiger partial charge >= 0.3 is 0 Å². The molecular formula is C15H20ClN3O2. The molecule has 2 rings (SSSR count). The van der Waals surface area contributed by atoms with Gasteiger partial charge in [0.2, 0.25) is 0 Å². The fourth-order valence-corrected chi connectivity index (χ4v) is 1.99. The summed E-state index contributed by atoms with van der Waals surface area (Å²) in [6.45, 7) is 3.80. The van der Waals surface area contributed by atoms with Crippen LogP contribution >= 0.6 is 11.6 Å². The minimum Gasteiger partial charge on any atom is -0.487 e. The smallest absolute Gasteiger partial charge is 0.130 e. The van der Waals surface area contributed by atoms with Crippen LogP contribution in [0.2, 0.25) is 0 Å². The van der Waals surface area contributed by atoms with E-state index in [0.717, 1.165) is 23.7 Å². The third kappa shape index (κ3) is 4.65. The van der Waals surface area contributed by atoms with Crippen LogP contribution in [0.5, 0.6) is 5.75 Å². The zero-order valence-electron chi connectivity index (χ0n) is 12.0. The first-order valence-corrected chi connectivity index (χ1v) is 7.47. The molecular weight excluding hydrogens is 290 g/mol. The summed E-state index contributed by atoms with van der Waals surface area (Å²) in [5.74, 6) is 1.02. The lowest BCUT2D eigenvalue weighted by atomic mass is 10.3. The molecule has 0 saturated heterocycles. The van der Waals surface area contributed by atoms with Gasteiger partial charge in [-0.3, -0.25) is 4.68 Å². The lowest BCUT2D eigenvalue weighted by Gasteiger charge is -2.11. The molecule has 1 unspecified atom stereocenters. The van der Waals surface area contributed by atoms with Crippen LogP contribution in [-0.2, 0) is 13.2 Å². The standard InChI is InChI=1S/C15H20ClN3O2/c1-2-19-13(7-8-18-19)11-21-15-5-3-12(4-6-15)17-10-14(20)9-16/h3-8,14,17,20H,2,9-11H2,1H3. The Bertz CT molecular complexity index is 542. The second-order valence-electron chi connectivity index (χ2n) is 4.64. The normalized spacial score (nSPS) is 12.1. The number of rotatable bonds is 8. The van der Waals surface area contributed by atoms with E-state index in [-0.39, 0.29) is 5.88 Å². The Morgan fingerprint density at radius 2 is 2.10 bits per heavy atom. The van der Waals surface area contributed by atoms with Crippen LogP contribution in [0.4, 0.5) is 5.69 Å². The highest BCUT2D eigenvalue weighted by Crippen LogP contribution is 2.17. The summed E-state index contributed by atoms with van der Waals surface area (Å²) in [7, 11) is 0. The molecule has 0 bridgehead atoms. The number of aliphatic hydroxyl groups is 1. The number of hydrogen-bond donors (Lipinski definition) is 2. The maximum atomic E-state index is 9.39. The Morgan fingerprint density at radius 1 is 1.33 bits per heavy atom. The Kier molecular flexibility index (Phi) is 5.90. The van der Waals surface area contributed by atoms with Gasteiger partial charge in [0.05, 0.1) is 17.7 Å². The van der Waals surface area contributed by atoms with Gasteiger partial charge in [-0.2, -0.15) is 5.10 Å². The quantitative estimate of drug-likeness (QED) is 0.736. The summed E-state index contributed by atoms with van der Waals surface area (Å²) in [5.41, 5.74) is 1.97. The average molecular weight is 310 g/mol. The van der Waals surface area contributed by atoms with Crippen molar-refractivity contribution in [3.63, 3.8) is 0 Å². The molecule has 0 aliphatic carbocycles. The number of halogens is 1. The lowest BCUT2D eigenvalue weighted by molar-refractivity contribution is 0.211. The predicted molar refractivity (Wildman–Crippen MR) is 83.9 cm³/mol. The molecule has 114 valence electrons. The zero-order valence-corrected chi connectivity index (χ0v) is 12.8. The van der Waals surface area contributed by atoms with Crippen molar-refractivity contribution in [2.75, 3.05) is 17.7 Å². The van der Waals surface area contributed by atoms with Crippen LogP contribution in [0.15, 0.2) is 36.5 Å². The fourth-order valence-electron chi connectivity index (χ4n) is 1.88. The van der Waals surface area contributed by atoms with Gasteiger partial charge in [-0.1, -0.05) is 0 Å². The van der Waals surface area contributed by atoms with E-state index in [1.54, 1.807) is 6.20 Å². The van der Waals surface area contributed by atoms with Gasteiger partial charge in [0.1, 0.15) is 12.4 Å². The average Bonchev–Trinajstić information content (AvgIpc) is 2.99. The molecule has 1 aromatic heterocycles. The van der Waals surface area contributed by atoms with Crippen LogP contribution in [0.25, 0.3) is 0 Å². The van der Waals surface area contributed by atoms with Crippen molar-refractivity contribution in [2.24, 2.45) is 0 Å². The number of benzene rings is 1. The van der Waals surface area contributed by atoms with E-state index >= 15 is 0 Å². The van der Waals surface area contributed by atoms with Crippen LogP contribution in [0.3, 0.4) is 0 Å². The molecule has 21 heavy (non-hydrogen) atoms. The third-order valence-electron chi connectivity index (χ3n) is 3.07. The van der Waals surface area contributed by atoms with Crippen molar-refractivity contribution in [3.05, 3.63) is 42.2 Å². The molecule has 2 aromatic rings. The number of alkyl halides is 1. The van der Waals surface area contributed by atoms with E-state index in [1.165, 1.54) is 0 Å². The number of ether oxygens (including phenoxy) is 1. The molecule has 0 fully saturated rings. The lowest BCUT2D eigenvalue weighted by Crippen LogP contribution is -2.20. The van der Waals surface area contributed by atoms with Gasteiger partial charge in [0.15, 0.2) is 0 Å². The molecule has 2 N–H and O–H groups in total. The van der Waals surface area contributed by atoms with Crippen LogP contribution in [0, 0.1) is 0 Å². The molecule has 1 heterocycles. The molecule has 1 aromatic carbocycles. The summed E-state index contributed by atoms with van der Waals surface area (Å²) >= 11 is 5.54. The molecule has 1 atom stereocenters. The Balaban J connectivity index is 1.85. The molecule has 0 amide bonds. The number of aryl methyl sites for hydroxylation is 1. The van der Waals surface area contributed by atoms with Crippen molar-refractivity contribution in [1.29, 1.82) is 0 Å². The van der Waals surface area contributed by atoms with E-state index < -0.39 is 6.10 Å². The largest absolute Gasteiger partial charge is 0.487 e. The monoisotopic (exact) mass is 309 g/mol. The number of aromatic nitrogens is 2. The highest BCUT2D eigenvalue weighted by Gasteiger charge is 2.03. The van der Waals surface area contributed by atoms with Crippen molar-refractivity contribution in [1.82, 2.24) is 9.78 Å². The van der Waals surface area contributed by atoms with E-state index in [1.807, 2.05) is 41.9 Å². The van der Waals surface area contributed by atoms with E-state index in [2.05, 4.69) is 10.4 Å². The van der Waals surface area contributed by atoms with Crippen LogP contribution < -0.4 is 10.1 Å². The van der Waals surface area contributed by atoms with Gasteiger partial charge in [-0.05, 0) is 37.3 Å². The molecule has 0 radical (unpaired) electrons. The van der Waals surface area contributed by atoms with Crippen molar-refractivity contribution in [3.8, 4) is 5.75 Å². The first-order valence-electron chi connectivity index (χ1n) is 6.94. The second kappa shape index (κ2) is 7.90. The maximum Gasteiger partial charge on any atom is 0.130 e. The first kappa shape index (κ1) is 15.7. The third-order valence-corrected chi connectivity index (χ3v) is 3.42. The summed E-state index contributed by atoms with van der Waals surface area (Å²) in [6.07, 6.45) is 1.23. The number of aliphatic hydroxyl groups excluding tert-OH is 1. The minimum atomic E-state index is -0.545. The van der Waals surface area contributed by atoms with Crippen LogP contribution in [-0.4, -0.2) is 33.4 Å². The van der Waals surface area contributed by atoms with Crippen molar-refractivity contribution < 1.29 is 9.84 Å². The maximum absolute atomic E-state index is 9.39. The Hall–Kier alpha value is -1.72. The van der Waals surface area contributed by atoms with Gasteiger partial charge in [-0.15, -0.1) is 11.6 Å². The second-order valence-corrected chi connectivity index (χ2v) is 4.95. The molecule has 0 aliphatic rings. The van der Waals surface area contributed by atoms with E-state index in [9.17, 15) is 5.11 Å². The van der Waals surface area contributed by atoms with Crippen LogP contribution in [0.1, 0.15) is 12.6 Å². The Morgan fingerprint density at radius 3 is 2.76 bits per heavy atom. The fraction of sp³-hybridized carbons (Fsp3) is 0.400. The summed E-state index contributed by atoms with van der Waals surface area (Å²) in [5, 5.41) is 16.7. The predicted octanol–water partition coefficient (Wildman–Crippen LogP) is 2.49. The minimum absolute atomic E-state index is 0.222. The molecule has 5 nitrogen and oxygen atoms in total. The number of hydrogen-bond acceptors (Lipinski definition) is 4. The first-order chi connectivity index (χ1) is 10.2. The van der Waals surface area contributed by atoms with Gasteiger partial charge in [0.25, 0.3) is 0 Å². The van der Waals surface area contributed by atoms with Crippen molar-refractivity contribution in [2.45, 2.75) is 26.2 Å². The van der Waals surface area contributed by atoms with Gasteiger partial charge in [-0.25, -0.2) is 0 Å². The Labute approximate surface area is 129 Å². The number of anilines is 1. The van der Waals surface area contributed by atoms with Gasteiger partial charge in [0, 0.05) is 25.0 Å². The van der Waals surface area contributed by atoms with Gasteiger partial charge < -0.3 is 15.2 Å². The van der Waals surface area contributed by atoms with Crippen molar-refractivity contribution >= 4 is 17.3 Å². The highest BCUT2D eigenvalue weighted by atomic mass is 35.5.